The Morgan fingerprint density at radius 3 is 2.55 bits per heavy atom. The molecule has 22 heavy (non-hydrogen) atoms. The van der Waals surface area contributed by atoms with Gasteiger partial charge in [-0.3, -0.25) is 4.79 Å². The SMILES string of the molecule is COc1ccc(C(=O)Nc2cccc(Br)c2)cc1S(N)(=O)=O. The van der Waals surface area contributed by atoms with Crippen LogP contribution in [0.2, 0.25) is 0 Å². The maximum absolute atomic E-state index is 12.2. The van der Waals surface area contributed by atoms with Gasteiger partial charge in [0.05, 0.1) is 7.11 Å². The minimum atomic E-state index is -3.99. The molecule has 6 nitrogen and oxygen atoms in total. The number of hydrogen-bond acceptors (Lipinski definition) is 4. The molecule has 0 heterocycles. The van der Waals surface area contributed by atoms with Crippen LogP contribution in [0.25, 0.3) is 0 Å². The van der Waals surface area contributed by atoms with Gasteiger partial charge in [-0.15, -0.1) is 0 Å². The predicted octanol–water partition coefficient (Wildman–Crippen LogP) is 2.36. The van der Waals surface area contributed by atoms with Gasteiger partial charge in [0.25, 0.3) is 5.91 Å². The zero-order valence-corrected chi connectivity index (χ0v) is 13.9. The molecule has 0 fully saturated rings. The monoisotopic (exact) mass is 384 g/mol. The summed E-state index contributed by atoms with van der Waals surface area (Å²) in [6.07, 6.45) is 0. The number of nitrogens with one attached hydrogen (secondary N) is 1. The molecule has 3 N–H and O–H groups in total. The number of sulfonamides is 1. The van der Waals surface area contributed by atoms with Crippen LogP contribution >= 0.6 is 15.9 Å². The molecule has 0 radical (unpaired) electrons. The van der Waals surface area contributed by atoms with Gasteiger partial charge in [0, 0.05) is 15.7 Å². The molecule has 116 valence electrons. The number of carbonyl (C=O) groups excluding carboxylic acids is 1. The molecule has 0 aromatic heterocycles. The van der Waals surface area contributed by atoms with Crippen molar-refractivity contribution in [3.63, 3.8) is 0 Å². The number of halogens is 1. The maximum atomic E-state index is 12.2. The number of carbonyl (C=O) groups is 1. The fraction of sp³-hybridized carbons (Fsp3) is 0.0714. The van der Waals surface area contributed by atoms with Gasteiger partial charge >= 0.3 is 0 Å². The molecule has 0 atom stereocenters. The van der Waals surface area contributed by atoms with Crippen LogP contribution in [-0.2, 0) is 10.0 Å². The Bertz CT molecular complexity index is 821. The molecule has 1 amide bonds. The second-order valence-corrected chi connectivity index (χ2v) is 6.82. The molecular formula is C14H13BrN2O4S. The summed E-state index contributed by atoms with van der Waals surface area (Å²) in [5.74, 6) is -0.368. The largest absolute Gasteiger partial charge is 0.495 e. The van der Waals surface area contributed by atoms with E-state index in [-0.39, 0.29) is 16.2 Å². The summed E-state index contributed by atoms with van der Waals surface area (Å²) in [7, 11) is -2.67. The van der Waals surface area contributed by atoms with Crippen LogP contribution in [0.4, 0.5) is 5.69 Å². The number of methoxy groups -OCH3 is 1. The van der Waals surface area contributed by atoms with Gasteiger partial charge in [-0.1, -0.05) is 22.0 Å². The van der Waals surface area contributed by atoms with E-state index in [9.17, 15) is 13.2 Å². The standard InChI is InChI=1S/C14H13BrN2O4S/c1-21-12-6-5-9(7-13(12)22(16,19)20)14(18)17-11-4-2-3-10(15)8-11/h2-8H,1H3,(H,17,18)(H2,16,19,20). The summed E-state index contributed by atoms with van der Waals surface area (Å²) < 4.78 is 28.9. The Kier molecular flexibility index (Phi) is 4.84. The summed E-state index contributed by atoms with van der Waals surface area (Å²) in [6.45, 7) is 0. The van der Waals surface area contributed by atoms with E-state index >= 15 is 0 Å². The third-order valence-electron chi connectivity index (χ3n) is 2.81. The molecule has 0 aliphatic carbocycles. The van der Waals surface area contributed by atoms with Crippen LogP contribution in [0.3, 0.4) is 0 Å². The molecule has 2 aromatic carbocycles. The molecule has 0 saturated carbocycles. The van der Waals surface area contributed by atoms with Crippen LogP contribution in [0, 0.1) is 0 Å². The molecule has 0 bridgehead atoms. The zero-order chi connectivity index (χ0) is 16.3. The van der Waals surface area contributed by atoms with E-state index in [1.807, 2.05) is 6.07 Å². The lowest BCUT2D eigenvalue weighted by Gasteiger charge is -2.10. The van der Waals surface area contributed by atoms with Crippen LogP contribution in [0.1, 0.15) is 10.4 Å². The van der Waals surface area contributed by atoms with E-state index in [1.165, 1.54) is 25.3 Å². The smallest absolute Gasteiger partial charge is 0.255 e. The highest BCUT2D eigenvalue weighted by Gasteiger charge is 2.18. The lowest BCUT2D eigenvalue weighted by atomic mass is 10.2. The first-order valence-corrected chi connectivity index (χ1v) is 8.43. The van der Waals surface area contributed by atoms with Crippen molar-refractivity contribution in [2.75, 3.05) is 12.4 Å². The van der Waals surface area contributed by atoms with Gasteiger partial charge in [-0.25, -0.2) is 13.6 Å². The van der Waals surface area contributed by atoms with Gasteiger partial charge in [-0.05, 0) is 36.4 Å². The molecular weight excluding hydrogens is 372 g/mol. The second-order valence-electron chi connectivity index (χ2n) is 4.38. The number of primary sulfonamides is 1. The number of ether oxygens (including phenoxy) is 1. The number of benzene rings is 2. The Balaban J connectivity index is 2.35. The van der Waals surface area contributed by atoms with Crippen molar-refractivity contribution < 1.29 is 17.9 Å². The molecule has 0 aliphatic heterocycles. The quantitative estimate of drug-likeness (QED) is 0.844. The normalized spacial score (nSPS) is 11.0. The number of amides is 1. The Labute approximate surface area is 136 Å². The van der Waals surface area contributed by atoms with Gasteiger partial charge in [0.15, 0.2) is 0 Å². The second kappa shape index (κ2) is 6.47. The summed E-state index contributed by atoms with van der Waals surface area (Å²) in [5, 5.41) is 7.80. The first-order chi connectivity index (χ1) is 10.3. The van der Waals surface area contributed by atoms with E-state index in [2.05, 4.69) is 21.2 Å². The Morgan fingerprint density at radius 2 is 1.95 bits per heavy atom. The number of anilines is 1. The molecule has 2 rings (SSSR count). The van der Waals surface area contributed by atoms with Crippen LogP contribution in [-0.4, -0.2) is 21.4 Å². The molecule has 0 spiro atoms. The summed E-state index contributed by atoms with van der Waals surface area (Å²) in [4.78, 5) is 12.0. The first-order valence-electron chi connectivity index (χ1n) is 6.09. The first kappa shape index (κ1) is 16.5. The molecule has 0 aliphatic rings. The van der Waals surface area contributed by atoms with Crippen molar-refractivity contribution in [2.24, 2.45) is 5.14 Å². The molecule has 0 unspecified atom stereocenters. The van der Waals surface area contributed by atoms with E-state index in [0.29, 0.717) is 5.69 Å². The van der Waals surface area contributed by atoms with Crippen LogP contribution in [0.5, 0.6) is 5.75 Å². The van der Waals surface area contributed by atoms with E-state index < -0.39 is 15.9 Å². The molecule has 2 aromatic rings. The average Bonchev–Trinajstić information content (AvgIpc) is 2.45. The van der Waals surface area contributed by atoms with Crippen molar-refractivity contribution >= 4 is 37.5 Å². The van der Waals surface area contributed by atoms with E-state index in [0.717, 1.165) is 4.47 Å². The number of rotatable bonds is 4. The van der Waals surface area contributed by atoms with E-state index in [4.69, 9.17) is 9.88 Å². The van der Waals surface area contributed by atoms with Gasteiger partial charge < -0.3 is 10.1 Å². The van der Waals surface area contributed by atoms with Crippen molar-refractivity contribution in [2.45, 2.75) is 4.90 Å². The van der Waals surface area contributed by atoms with Crippen LogP contribution < -0.4 is 15.2 Å². The average molecular weight is 385 g/mol. The third kappa shape index (κ3) is 3.85. The lowest BCUT2D eigenvalue weighted by molar-refractivity contribution is 0.102. The maximum Gasteiger partial charge on any atom is 0.255 e. The fourth-order valence-corrected chi connectivity index (χ4v) is 2.93. The topological polar surface area (TPSA) is 98.5 Å². The highest BCUT2D eigenvalue weighted by Crippen LogP contribution is 2.24. The predicted molar refractivity (Wildman–Crippen MR) is 86.5 cm³/mol. The van der Waals surface area contributed by atoms with Gasteiger partial charge in [0.2, 0.25) is 10.0 Å². The Hall–Kier alpha value is -1.90. The summed E-state index contributed by atoms with van der Waals surface area (Å²) in [5.41, 5.74) is 0.733. The Morgan fingerprint density at radius 1 is 1.23 bits per heavy atom. The number of hydrogen-bond donors (Lipinski definition) is 2. The zero-order valence-electron chi connectivity index (χ0n) is 11.5. The minimum Gasteiger partial charge on any atom is -0.495 e. The summed E-state index contributed by atoms with van der Waals surface area (Å²) in [6, 6.07) is 11.1. The fourth-order valence-electron chi connectivity index (χ4n) is 1.81. The molecule has 0 saturated heterocycles. The third-order valence-corrected chi connectivity index (χ3v) is 4.24. The lowest BCUT2D eigenvalue weighted by Crippen LogP contribution is -2.16. The highest BCUT2D eigenvalue weighted by atomic mass is 79.9. The van der Waals surface area contributed by atoms with Gasteiger partial charge in [-0.2, -0.15) is 0 Å². The van der Waals surface area contributed by atoms with Crippen molar-refractivity contribution in [3.8, 4) is 5.75 Å². The highest BCUT2D eigenvalue weighted by molar-refractivity contribution is 9.10. The van der Waals surface area contributed by atoms with Crippen molar-refractivity contribution in [1.29, 1.82) is 0 Å². The van der Waals surface area contributed by atoms with E-state index in [1.54, 1.807) is 18.2 Å². The van der Waals surface area contributed by atoms with Crippen LogP contribution in [0.15, 0.2) is 51.8 Å². The van der Waals surface area contributed by atoms with Crippen molar-refractivity contribution in [3.05, 3.63) is 52.5 Å². The minimum absolute atomic E-state index is 0.0847. The van der Waals surface area contributed by atoms with Crippen molar-refractivity contribution in [1.82, 2.24) is 0 Å². The molecule has 8 heteroatoms. The van der Waals surface area contributed by atoms with Gasteiger partial charge in [0.1, 0.15) is 10.6 Å². The number of nitrogens with two attached hydrogens (primary N) is 1. The summed E-state index contributed by atoms with van der Waals surface area (Å²) >= 11 is 3.30.